The largest absolute Gasteiger partial charge is 0.480 e. The van der Waals surface area contributed by atoms with Gasteiger partial charge in [0.25, 0.3) is 0 Å². The summed E-state index contributed by atoms with van der Waals surface area (Å²) in [5.74, 6) is 1.30. The molecule has 0 amide bonds. The first-order valence-corrected chi connectivity index (χ1v) is 14.2. The van der Waals surface area contributed by atoms with Crippen LogP contribution in [0.25, 0.3) is 16.5 Å². The number of carboxylic acids is 1. The van der Waals surface area contributed by atoms with Gasteiger partial charge in [-0.15, -0.1) is 0 Å². The average molecular weight is 529 g/mol. The van der Waals surface area contributed by atoms with Gasteiger partial charge in [-0.3, -0.25) is 4.98 Å². The minimum absolute atomic E-state index is 0.0738. The Morgan fingerprint density at radius 3 is 2.28 bits per heavy atom. The lowest BCUT2D eigenvalue weighted by Gasteiger charge is -2.29. The van der Waals surface area contributed by atoms with E-state index in [-0.39, 0.29) is 5.41 Å². The fraction of sp³-hybridized carbons (Fsp3) is 0.471. The maximum atomic E-state index is 12.2. The minimum atomic E-state index is -0.878. The molecular weight excluding hydrogens is 484 g/mol. The molecule has 2 aromatic carbocycles. The number of pyridine rings is 1. The number of hydrogen-bond acceptors (Lipinski definition) is 4. The number of hydrogen-bond donors (Lipinski definition) is 2. The molecule has 1 atom stereocenters. The van der Waals surface area contributed by atoms with Crippen molar-refractivity contribution >= 4 is 22.4 Å². The van der Waals surface area contributed by atoms with Gasteiger partial charge in [-0.1, -0.05) is 97.6 Å². The number of nitrogens with zero attached hydrogens (tertiary/aromatic N) is 1. The molecule has 3 aromatic rings. The summed E-state index contributed by atoms with van der Waals surface area (Å²) in [6, 6.07) is 15.8. The van der Waals surface area contributed by atoms with Crippen LogP contribution in [-0.4, -0.2) is 22.1 Å². The number of aromatic nitrogens is 1. The predicted molar refractivity (Wildman–Crippen MR) is 160 cm³/mol. The normalized spacial score (nSPS) is 15.9. The van der Waals surface area contributed by atoms with Crippen LogP contribution in [0.5, 0.6) is 11.5 Å². The maximum absolute atomic E-state index is 12.2. The lowest BCUT2D eigenvalue weighted by molar-refractivity contribution is -0.141. The number of allylic oxidation sites excluding steroid dienone is 1. The number of fused-ring (bicyclic) bond motifs is 1. The zero-order valence-corrected chi connectivity index (χ0v) is 24.6. The van der Waals surface area contributed by atoms with E-state index >= 15 is 0 Å². The van der Waals surface area contributed by atoms with E-state index in [2.05, 4.69) is 44.3 Å². The number of ether oxygens (including phenoxy) is 1. The Kier molecular flexibility index (Phi) is 8.39. The Labute approximate surface area is 233 Å². The van der Waals surface area contributed by atoms with Crippen LogP contribution in [0.4, 0.5) is 0 Å². The molecule has 0 bridgehead atoms. The second-order valence-corrected chi connectivity index (χ2v) is 13.0. The standard InChI is InChI=1S/C34H44N2O3/c1-8-27(36-31(32(37)38)34(5,6)7)29-21-26-25(28(35-29)20-22-12-9-10-13-22)14-11-15-30(26)39-24-18-16-23(17-19-24)33(2,3)4/h8,11,14-19,21-22,31,36H,9-10,12-13,20H2,1-7H3,(H,37,38)/b27-8+/t31-/m1/s1. The first kappa shape index (κ1) is 28.7. The summed E-state index contributed by atoms with van der Waals surface area (Å²) < 4.78 is 6.46. The van der Waals surface area contributed by atoms with E-state index in [1.807, 2.05) is 64.1 Å². The van der Waals surface area contributed by atoms with Crippen molar-refractivity contribution in [2.45, 2.75) is 92.0 Å². The molecule has 0 aliphatic heterocycles. The maximum Gasteiger partial charge on any atom is 0.326 e. The molecule has 2 N–H and O–H groups in total. The highest BCUT2D eigenvalue weighted by Gasteiger charge is 2.32. The molecule has 1 aliphatic carbocycles. The van der Waals surface area contributed by atoms with Gasteiger partial charge in [0.2, 0.25) is 0 Å². The zero-order chi connectivity index (χ0) is 28.4. The SMILES string of the molecule is C/C=C(/N[C@H](C(=O)O)C(C)(C)C)c1cc2c(Oc3ccc(C(C)(C)C)cc3)cccc2c(CC2CCCC2)n1. The van der Waals surface area contributed by atoms with Gasteiger partial charge in [0.1, 0.15) is 17.5 Å². The third-order valence-corrected chi connectivity index (χ3v) is 7.80. The summed E-state index contributed by atoms with van der Waals surface area (Å²) in [4.78, 5) is 17.3. The van der Waals surface area contributed by atoms with Gasteiger partial charge >= 0.3 is 5.97 Å². The van der Waals surface area contributed by atoms with E-state index in [1.54, 1.807) is 0 Å². The number of nitrogens with one attached hydrogen (secondary N) is 1. The van der Waals surface area contributed by atoms with Gasteiger partial charge < -0.3 is 15.2 Å². The summed E-state index contributed by atoms with van der Waals surface area (Å²) in [6.07, 6.45) is 7.83. The smallest absolute Gasteiger partial charge is 0.326 e. The van der Waals surface area contributed by atoms with Gasteiger partial charge in [-0.05, 0) is 59.9 Å². The van der Waals surface area contributed by atoms with Crippen LogP contribution >= 0.6 is 0 Å². The Bertz CT molecular complexity index is 1340. The molecule has 0 saturated heterocycles. The molecule has 39 heavy (non-hydrogen) atoms. The quantitative estimate of drug-likeness (QED) is 0.307. The first-order valence-electron chi connectivity index (χ1n) is 14.2. The molecule has 0 radical (unpaired) electrons. The lowest BCUT2D eigenvalue weighted by Crippen LogP contribution is -2.45. The van der Waals surface area contributed by atoms with E-state index in [4.69, 9.17) is 9.72 Å². The summed E-state index contributed by atoms with van der Waals surface area (Å²) in [5.41, 5.74) is 3.37. The van der Waals surface area contributed by atoms with Crippen LogP contribution in [0.2, 0.25) is 0 Å². The fourth-order valence-electron chi connectivity index (χ4n) is 5.45. The van der Waals surface area contributed by atoms with Crippen molar-refractivity contribution in [2.75, 3.05) is 0 Å². The molecule has 1 aliphatic rings. The summed E-state index contributed by atoms with van der Waals surface area (Å²) in [5, 5.41) is 15.3. The number of rotatable bonds is 8. The number of carbonyl (C=O) groups is 1. The predicted octanol–water partition coefficient (Wildman–Crippen LogP) is 8.51. The third-order valence-electron chi connectivity index (χ3n) is 7.80. The third kappa shape index (κ3) is 6.81. The van der Waals surface area contributed by atoms with Crippen LogP contribution < -0.4 is 10.1 Å². The van der Waals surface area contributed by atoms with Gasteiger partial charge in [0, 0.05) is 16.5 Å². The highest BCUT2D eigenvalue weighted by atomic mass is 16.5. The fourth-order valence-corrected chi connectivity index (χ4v) is 5.45. The topological polar surface area (TPSA) is 71.5 Å². The molecule has 0 spiro atoms. The Hall–Kier alpha value is -3.34. The molecule has 5 nitrogen and oxygen atoms in total. The van der Waals surface area contributed by atoms with Crippen molar-refractivity contribution in [2.24, 2.45) is 11.3 Å². The van der Waals surface area contributed by atoms with Crippen LogP contribution in [0.15, 0.2) is 54.6 Å². The van der Waals surface area contributed by atoms with Crippen LogP contribution in [0, 0.1) is 11.3 Å². The molecule has 4 rings (SSSR count). The van der Waals surface area contributed by atoms with Crippen molar-refractivity contribution in [1.82, 2.24) is 10.3 Å². The molecule has 1 aromatic heterocycles. The van der Waals surface area contributed by atoms with E-state index in [0.29, 0.717) is 5.92 Å². The molecule has 5 heteroatoms. The van der Waals surface area contributed by atoms with E-state index in [9.17, 15) is 9.90 Å². The average Bonchev–Trinajstić information content (AvgIpc) is 3.37. The van der Waals surface area contributed by atoms with Crippen LogP contribution in [-0.2, 0) is 16.6 Å². The monoisotopic (exact) mass is 528 g/mol. The second kappa shape index (κ2) is 11.4. The highest BCUT2D eigenvalue weighted by molar-refractivity contribution is 5.92. The molecule has 1 fully saturated rings. The van der Waals surface area contributed by atoms with Crippen LogP contribution in [0.3, 0.4) is 0 Å². The Morgan fingerprint density at radius 2 is 1.72 bits per heavy atom. The van der Waals surface area contributed by atoms with Crippen molar-refractivity contribution in [1.29, 1.82) is 0 Å². The summed E-state index contributed by atoms with van der Waals surface area (Å²) >= 11 is 0. The lowest BCUT2D eigenvalue weighted by atomic mass is 9.86. The van der Waals surface area contributed by atoms with Crippen molar-refractivity contribution in [3.05, 3.63) is 71.6 Å². The zero-order valence-electron chi connectivity index (χ0n) is 24.6. The first-order chi connectivity index (χ1) is 18.4. The Balaban J connectivity index is 1.78. The van der Waals surface area contributed by atoms with Crippen molar-refractivity contribution < 1.29 is 14.6 Å². The number of aliphatic carboxylic acids is 1. The van der Waals surface area contributed by atoms with Gasteiger partial charge in [-0.25, -0.2) is 4.79 Å². The molecule has 1 saturated carbocycles. The van der Waals surface area contributed by atoms with Gasteiger partial charge in [-0.2, -0.15) is 0 Å². The molecule has 0 unspecified atom stereocenters. The van der Waals surface area contributed by atoms with Crippen LogP contribution in [0.1, 0.15) is 91.1 Å². The minimum Gasteiger partial charge on any atom is -0.480 e. The van der Waals surface area contributed by atoms with Gasteiger partial charge in [0.05, 0.1) is 11.4 Å². The van der Waals surface area contributed by atoms with Crippen molar-refractivity contribution in [3.63, 3.8) is 0 Å². The van der Waals surface area contributed by atoms with E-state index < -0.39 is 17.4 Å². The highest BCUT2D eigenvalue weighted by Crippen LogP contribution is 2.36. The summed E-state index contributed by atoms with van der Waals surface area (Å²) in [7, 11) is 0. The summed E-state index contributed by atoms with van der Waals surface area (Å²) in [6.45, 7) is 14.3. The van der Waals surface area contributed by atoms with Gasteiger partial charge in [0.15, 0.2) is 0 Å². The number of carboxylic acid groups (broad SMARTS) is 1. The second-order valence-electron chi connectivity index (χ2n) is 13.0. The molecule has 1 heterocycles. The molecular formula is C34H44N2O3. The Morgan fingerprint density at radius 1 is 1.05 bits per heavy atom. The van der Waals surface area contributed by atoms with E-state index in [1.165, 1.54) is 31.2 Å². The molecule has 208 valence electrons. The van der Waals surface area contributed by atoms with Crippen molar-refractivity contribution in [3.8, 4) is 11.5 Å². The van der Waals surface area contributed by atoms with E-state index in [0.717, 1.165) is 45.8 Å². The number of benzene rings is 2.